The van der Waals surface area contributed by atoms with E-state index in [2.05, 4.69) is 34.2 Å². The van der Waals surface area contributed by atoms with Crippen molar-refractivity contribution >= 4 is 28.7 Å². The van der Waals surface area contributed by atoms with Gasteiger partial charge >= 0.3 is 0 Å². The third kappa shape index (κ3) is 4.90. The number of nitrogens with one attached hydrogen (secondary N) is 1. The maximum absolute atomic E-state index is 12.7. The van der Waals surface area contributed by atoms with Gasteiger partial charge in [-0.1, -0.05) is 48.5 Å². The van der Waals surface area contributed by atoms with E-state index in [-0.39, 0.29) is 23.8 Å². The molecule has 0 bridgehead atoms. The molecule has 0 saturated carbocycles. The fraction of sp³-hybridized carbons (Fsp3) is 0.182. The summed E-state index contributed by atoms with van der Waals surface area (Å²) in [5.41, 5.74) is 2.39. The highest BCUT2D eigenvalue weighted by atomic mass is 32.1. The van der Waals surface area contributed by atoms with Crippen LogP contribution in [0.5, 0.6) is 0 Å². The zero-order chi connectivity index (χ0) is 19.2. The zero-order valence-corrected chi connectivity index (χ0v) is 16.2. The number of hydrogen-bond acceptors (Lipinski definition) is 3. The molecule has 3 rings (SSSR count). The maximum Gasteiger partial charge on any atom is 0.282 e. The van der Waals surface area contributed by atoms with Crippen LogP contribution in [0.4, 0.5) is 5.69 Å². The van der Waals surface area contributed by atoms with Crippen molar-refractivity contribution in [2.45, 2.75) is 25.9 Å². The molecular weight excluding hydrogens is 356 g/mol. The van der Waals surface area contributed by atoms with E-state index in [1.54, 1.807) is 35.6 Å². The monoisotopic (exact) mass is 379 g/mol. The van der Waals surface area contributed by atoms with E-state index in [0.29, 0.717) is 11.3 Å². The molecule has 1 amide bonds. The number of thiophene rings is 1. The molecule has 4 nitrogen and oxygen atoms in total. The molecule has 0 aliphatic heterocycles. The van der Waals surface area contributed by atoms with Crippen LogP contribution in [0.25, 0.3) is 0 Å². The number of carbonyl (C=O) groups excluding carboxylic acids is 2. The van der Waals surface area contributed by atoms with Crippen LogP contribution in [0, 0.1) is 0 Å². The predicted octanol–water partition coefficient (Wildman–Crippen LogP) is 3.63. The Bertz CT molecular complexity index is 907. The largest absolute Gasteiger partial charge is 0.326 e. The van der Waals surface area contributed by atoms with Crippen molar-refractivity contribution in [1.29, 1.82) is 0 Å². The minimum absolute atomic E-state index is 0.0208. The number of carbonyl (C=O) groups is 2. The summed E-state index contributed by atoms with van der Waals surface area (Å²) in [7, 11) is 0. The number of amides is 1. The van der Waals surface area contributed by atoms with Crippen molar-refractivity contribution < 1.29 is 14.9 Å². The molecule has 0 unspecified atom stereocenters. The lowest BCUT2D eigenvalue weighted by molar-refractivity contribution is -0.703. The molecule has 1 aromatic heterocycles. The standard InChI is InChI=1S/C22H22N2O2S/c1-15(22(26)24-19-11-6-10-18(14-19)16(2)25)23-21(20-12-7-13-27-20)17-8-4-3-5-9-17/h3-15,21,23H,1-2H3,(H,24,26)/p+1/t15-,21-/m0/s1. The van der Waals surface area contributed by atoms with Gasteiger partial charge in [-0.25, -0.2) is 0 Å². The van der Waals surface area contributed by atoms with Crippen LogP contribution in [-0.2, 0) is 4.79 Å². The van der Waals surface area contributed by atoms with Crippen molar-refractivity contribution in [2.75, 3.05) is 5.32 Å². The number of hydrogen-bond donors (Lipinski definition) is 2. The van der Waals surface area contributed by atoms with Crippen molar-refractivity contribution in [3.8, 4) is 0 Å². The molecule has 2 aromatic carbocycles. The highest BCUT2D eigenvalue weighted by Gasteiger charge is 2.25. The van der Waals surface area contributed by atoms with Crippen molar-refractivity contribution in [2.24, 2.45) is 0 Å². The maximum atomic E-state index is 12.7. The van der Waals surface area contributed by atoms with Crippen molar-refractivity contribution in [3.63, 3.8) is 0 Å². The van der Waals surface area contributed by atoms with E-state index in [4.69, 9.17) is 0 Å². The van der Waals surface area contributed by atoms with Gasteiger partial charge in [0.25, 0.3) is 5.91 Å². The van der Waals surface area contributed by atoms with Crippen molar-refractivity contribution in [3.05, 3.63) is 88.1 Å². The summed E-state index contributed by atoms with van der Waals surface area (Å²) in [4.78, 5) is 25.4. The Morgan fingerprint density at radius 2 is 1.78 bits per heavy atom. The Labute approximate surface area is 163 Å². The van der Waals surface area contributed by atoms with Crippen molar-refractivity contribution in [1.82, 2.24) is 0 Å². The van der Waals surface area contributed by atoms with Gasteiger partial charge in [0.15, 0.2) is 11.8 Å². The molecule has 0 saturated heterocycles. The van der Waals surface area contributed by atoms with Gasteiger partial charge in [-0.15, -0.1) is 11.3 Å². The van der Waals surface area contributed by atoms with Gasteiger partial charge in [0.1, 0.15) is 6.04 Å². The van der Waals surface area contributed by atoms with Gasteiger partial charge in [-0.3, -0.25) is 9.59 Å². The number of rotatable bonds is 7. The normalized spacial score (nSPS) is 13.0. The van der Waals surface area contributed by atoms with Gasteiger partial charge in [0, 0.05) is 16.8 Å². The van der Waals surface area contributed by atoms with Gasteiger partial charge in [0.05, 0.1) is 4.88 Å². The molecule has 2 atom stereocenters. The summed E-state index contributed by atoms with van der Waals surface area (Å²) in [6, 6.07) is 21.1. The van der Waals surface area contributed by atoms with Crippen LogP contribution < -0.4 is 10.6 Å². The van der Waals surface area contributed by atoms with Crippen LogP contribution in [-0.4, -0.2) is 17.7 Å². The zero-order valence-electron chi connectivity index (χ0n) is 15.4. The molecule has 0 aliphatic rings. The quantitative estimate of drug-likeness (QED) is 0.616. The first kappa shape index (κ1) is 19.0. The smallest absolute Gasteiger partial charge is 0.282 e. The van der Waals surface area contributed by atoms with E-state index >= 15 is 0 Å². The van der Waals surface area contributed by atoms with Crippen LogP contribution in [0.1, 0.15) is 40.7 Å². The predicted molar refractivity (Wildman–Crippen MR) is 109 cm³/mol. The van der Waals surface area contributed by atoms with E-state index in [9.17, 15) is 9.59 Å². The number of anilines is 1. The molecule has 138 valence electrons. The van der Waals surface area contributed by atoms with E-state index in [0.717, 1.165) is 5.56 Å². The van der Waals surface area contributed by atoms with Crippen LogP contribution in [0.3, 0.4) is 0 Å². The average molecular weight is 380 g/mol. The van der Waals surface area contributed by atoms with Gasteiger partial charge in [-0.2, -0.15) is 0 Å². The summed E-state index contributed by atoms with van der Waals surface area (Å²) >= 11 is 1.69. The third-order valence-electron chi connectivity index (χ3n) is 4.44. The molecule has 27 heavy (non-hydrogen) atoms. The molecule has 0 fully saturated rings. The summed E-state index contributed by atoms with van der Waals surface area (Å²) in [5, 5.41) is 7.05. The van der Waals surface area contributed by atoms with Crippen LogP contribution in [0.15, 0.2) is 72.1 Å². The molecule has 0 radical (unpaired) electrons. The lowest BCUT2D eigenvalue weighted by Crippen LogP contribution is -2.92. The number of nitrogens with two attached hydrogens (primary N) is 1. The van der Waals surface area contributed by atoms with E-state index in [1.165, 1.54) is 11.8 Å². The van der Waals surface area contributed by atoms with Gasteiger partial charge in [0.2, 0.25) is 0 Å². The SMILES string of the molecule is CC(=O)c1cccc(NC(=O)[C@H](C)[NH2+][C@@H](c2ccccc2)c2cccs2)c1. The number of ketones is 1. The topological polar surface area (TPSA) is 62.8 Å². The molecule has 3 aromatic rings. The summed E-state index contributed by atoms with van der Waals surface area (Å²) in [5.74, 6) is -0.110. The Hall–Kier alpha value is -2.76. The fourth-order valence-corrected chi connectivity index (χ4v) is 3.78. The number of quaternary nitrogens is 1. The minimum Gasteiger partial charge on any atom is -0.326 e. The summed E-state index contributed by atoms with van der Waals surface area (Å²) in [6.45, 7) is 3.41. The molecule has 3 N–H and O–H groups in total. The molecule has 5 heteroatoms. The van der Waals surface area contributed by atoms with Gasteiger partial charge < -0.3 is 10.6 Å². The highest BCUT2D eigenvalue weighted by Crippen LogP contribution is 2.22. The molecular formula is C22H23N2O2S+. The van der Waals surface area contributed by atoms with Crippen LogP contribution in [0.2, 0.25) is 0 Å². The Balaban J connectivity index is 1.74. The first-order valence-electron chi connectivity index (χ1n) is 8.90. The summed E-state index contributed by atoms with van der Waals surface area (Å²) in [6.07, 6.45) is 0. The molecule has 0 spiro atoms. The van der Waals surface area contributed by atoms with E-state index in [1.807, 2.05) is 31.2 Å². The first-order chi connectivity index (χ1) is 13.0. The number of benzene rings is 2. The number of Topliss-reactive ketones (excluding diaryl/α,β-unsaturated/α-hetero) is 1. The first-order valence-corrected chi connectivity index (χ1v) is 9.78. The second-order valence-corrected chi connectivity index (χ2v) is 7.49. The lowest BCUT2D eigenvalue weighted by Gasteiger charge is -2.19. The highest BCUT2D eigenvalue weighted by molar-refractivity contribution is 7.10. The Morgan fingerprint density at radius 1 is 1.00 bits per heavy atom. The second-order valence-electron chi connectivity index (χ2n) is 6.51. The Kier molecular flexibility index (Phi) is 6.16. The lowest BCUT2D eigenvalue weighted by atomic mass is 10.0. The minimum atomic E-state index is -0.293. The van der Waals surface area contributed by atoms with E-state index < -0.39 is 0 Å². The molecule has 0 aliphatic carbocycles. The summed E-state index contributed by atoms with van der Waals surface area (Å²) < 4.78 is 0. The van der Waals surface area contributed by atoms with Crippen LogP contribution >= 0.6 is 11.3 Å². The third-order valence-corrected chi connectivity index (χ3v) is 5.40. The molecule has 1 heterocycles. The van der Waals surface area contributed by atoms with Gasteiger partial charge in [-0.05, 0) is 37.4 Å². The second kappa shape index (κ2) is 8.75. The average Bonchev–Trinajstić information content (AvgIpc) is 3.21. The fourth-order valence-electron chi connectivity index (χ4n) is 2.95. The Morgan fingerprint density at radius 3 is 2.44 bits per heavy atom.